The quantitative estimate of drug-likeness (QED) is 0.208. The molecule has 1 N–H and O–H groups in total. The first-order chi connectivity index (χ1) is 27.4. The van der Waals surface area contributed by atoms with Gasteiger partial charge in [0.25, 0.3) is 0 Å². The Kier molecular flexibility index (Phi) is 14.3. The van der Waals surface area contributed by atoms with Crippen molar-refractivity contribution in [1.29, 1.82) is 0 Å². The predicted octanol–water partition coefficient (Wildman–Crippen LogP) is 3.50. The average Bonchev–Trinajstić information content (AvgIpc) is 3.77. The zero-order valence-corrected chi connectivity index (χ0v) is 35.6. The summed E-state index contributed by atoms with van der Waals surface area (Å²) in [4.78, 5) is 64.5. The molecular weight excluding hydrogens is 750 g/mol. The van der Waals surface area contributed by atoms with E-state index in [1.807, 2.05) is 32.0 Å². The predicted molar refractivity (Wildman–Crippen MR) is 210 cm³/mol. The molecule has 320 valence electrons. The Labute approximate surface area is 340 Å². The molecule has 17 heteroatoms. The van der Waals surface area contributed by atoms with Gasteiger partial charge in [-0.25, -0.2) is 9.48 Å². The molecule has 0 radical (unpaired) electrons. The van der Waals surface area contributed by atoms with Gasteiger partial charge < -0.3 is 33.7 Å². The highest BCUT2D eigenvalue weighted by atomic mass is 16.7. The van der Waals surface area contributed by atoms with Gasteiger partial charge >= 0.3 is 12.1 Å². The van der Waals surface area contributed by atoms with Crippen LogP contribution in [0, 0.1) is 23.7 Å². The fourth-order valence-electron chi connectivity index (χ4n) is 9.04. The fraction of sp³-hybridized carbons (Fsp3) is 0.707. The molecule has 0 aliphatic carbocycles. The fourth-order valence-corrected chi connectivity index (χ4v) is 9.04. The van der Waals surface area contributed by atoms with Crippen molar-refractivity contribution in [3.8, 4) is 11.5 Å². The first-order valence-electron chi connectivity index (χ1n) is 20.2. The number of carbonyl (C=O) groups excluding carboxylic acids is 4. The number of tetrazole rings is 1. The van der Waals surface area contributed by atoms with Crippen LogP contribution in [0.15, 0.2) is 36.5 Å². The number of pyridine rings is 1. The van der Waals surface area contributed by atoms with E-state index in [1.54, 1.807) is 76.7 Å². The first-order valence-corrected chi connectivity index (χ1v) is 20.2. The number of aliphatic hydroxyl groups excluding tert-OH is 1. The molecule has 3 aliphatic heterocycles. The van der Waals surface area contributed by atoms with Gasteiger partial charge in [0.05, 0.1) is 30.4 Å². The SMILES string of the molecule is CC[C@H]1OC(=O)[C@H](C)C(=O)[C@H](C)[C@@H](O[C@@H]2OC(C)CC(N(C)C)C2O)[C@](C)(OC)C[C@@H](C)C(=O)[C@H](C)[C@H]2N(C/C=C/Cn3nnnc3-c3ccccn3)C(=O)O[C@]12C. The number of likely N-dealkylation sites (N-methyl/N-ethyl adjacent to an activating group) is 1. The Morgan fingerprint density at radius 2 is 1.72 bits per heavy atom. The summed E-state index contributed by atoms with van der Waals surface area (Å²) >= 11 is 0. The van der Waals surface area contributed by atoms with Crippen molar-refractivity contribution in [3.63, 3.8) is 0 Å². The van der Waals surface area contributed by atoms with Crippen LogP contribution in [0.2, 0.25) is 0 Å². The lowest BCUT2D eigenvalue weighted by molar-refractivity contribution is -0.295. The van der Waals surface area contributed by atoms with Gasteiger partial charge in [-0.1, -0.05) is 45.9 Å². The molecule has 13 atom stereocenters. The summed E-state index contributed by atoms with van der Waals surface area (Å²) in [6.07, 6.45) is 0.894. The number of methoxy groups -OCH3 is 1. The summed E-state index contributed by atoms with van der Waals surface area (Å²) in [6, 6.07) is 4.26. The van der Waals surface area contributed by atoms with Crippen LogP contribution in [0.25, 0.3) is 11.5 Å². The monoisotopic (exact) mass is 811 g/mol. The molecule has 3 saturated heterocycles. The molecule has 3 aliphatic rings. The van der Waals surface area contributed by atoms with Crippen LogP contribution in [0.5, 0.6) is 0 Å². The van der Waals surface area contributed by atoms with Crippen molar-refractivity contribution in [2.24, 2.45) is 23.7 Å². The second kappa shape index (κ2) is 18.4. The smallest absolute Gasteiger partial charge is 0.411 e. The number of nitrogens with zero attached hydrogens (tertiary/aromatic N) is 7. The summed E-state index contributed by atoms with van der Waals surface area (Å²) in [5.41, 5.74) is -2.16. The lowest BCUT2D eigenvalue weighted by Crippen LogP contribution is -2.60. The molecule has 5 rings (SSSR count). The maximum atomic E-state index is 14.7. The number of Topliss-reactive ketones (excluding diaryl/α,β-unsaturated/α-hetero) is 2. The number of ketones is 2. The molecule has 0 bridgehead atoms. The van der Waals surface area contributed by atoms with Gasteiger partial charge in [0.15, 0.2) is 17.7 Å². The van der Waals surface area contributed by atoms with E-state index < -0.39 is 83.4 Å². The molecular formula is C41H61N7O10. The number of allylic oxidation sites excluding steroid dienone is 1. The molecule has 0 aromatic carbocycles. The number of hydrogen-bond acceptors (Lipinski definition) is 15. The van der Waals surface area contributed by atoms with E-state index in [4.69, 9.17) is 23.7 Å². The highest BCUT2D eigenvalue weighted by Crippen LogP contribution is 2.43. The van der Waals surface area contributed by atoms with Crippen molar-refractivity contribution < 1.29 is 48.0 Å². The van der Waals surface area contributed by atoms with Gasteiger partial charge in [-0.05, 0) is 83.6 Å². The number of amides is 1. The lowest BCUT2D eigenvalue weighted by atomic mass is 9.73. The van der Waals surface area contributed by atoms with Crippen molar-refractivity contribution >= 4 is 23.6 Å². The number of cyclic esters (lactones) is 1. The summed E-state index contributed by atoms with van der Waals surface area (Å²) in [5.74, 6) is -4.72. The third-order valence-electron chi connectivity index (χ3n) is 12.3. The number of rotatable bonds is 10. The van der Waals surface area contributed by atoms with Crippen molar-refractivity contribution in [1.82, 2.24) is 35.0 Å². The largest absolute Gasteiger partial charge is 0.458 e. The Morgan fingerprint density at radius 1 is 1.02 bits per heavy atom. The van der Waals surface area contributed by atoms with E-state index in [2.05, 4.69) is 20.5 Å². The van der Waals surface area contributed by atoms with Gasteiger partial charge in [0.2, 0.25) is 5.82 Å². The van der Waals surface area contributed by atoms with Gasteiger partial charge in [0, 0.05) is 43.6 Å². The second-order valence-corrected chi connectivity index (χ2v) is 16.7. The summed E-state index contributed by atoms with van der Waals surface area (Å²) < 4.78 is 32.7. The highest BCUT2D eigenvalue weighted by molar-refractivity contribution is 6.00. The number of hydrogen-bond donors (Lipinski definition) is 1. The van der Waals surface area contributed by atoms with Crippen molar-refractivity contribution in [2.45, 2.75) is 135 Å². The second-order valence-electron chi connectivity index (χ2n) is 16.7. The maximum absolute atomic E-state index is 14.7. The van der Waals surface area contributed by atoms with Crippen molar-refractivity contribution in [2.75, 3.05) is 27.7 Å². The van der Waals surface area contributed by atoms with E-state index in [0.717, 1.165) is 0 Å². The minimum absolute atomic E-state index is 0.0602. The molecule has 1 amide bonds. The van der Waals surface area contributed by atoms with Crippen molar-refractivity contribution in [3.05, 3.63) is 36.5 Å². The van der Waals surface area contributed by atoms with Crippen LogP contribution in [0.1, 0.15) is 74.7 Å². The number of ether oxygens (including phenoxy) is 5. The highest BCUT2D eigenvalue weighted by Gasteiger charge is 2.60. The summed E-state index contributed by atoms with van der Waals surface area (Å²) in [5, 5.41) is 23.4. The minimum atomic E-state index is -1.46. The Bertz CT molecular complexity index is 1790. The standard InChI is InChI=1S/C41H61N7O10/c1-12-30-41(8)34(47(39(53)58-41)19-15-16-20-48-36(43-44-45-48)28-17-13-14-18-42-28)25(4)31(49)23(2)22-40(7,54-11)35(26(5)32(50)27(6)37(52)56-30)57-38-33(51)29(46(9)10)21-24(3)55-38/h13-18,23-27,29-30,33-35,38,51H,12,19-22H2,1-11H3/b16-15+/t23-,24?,25+,26+,27-,29?,30-,33?,34-,35-,38+,40-,41-/m1/s1. The number of esters is 1. The molecule has 3 fully saturated rings. The van der Waals surface area contributed by atoms with E-state index in [0.29, 0.717) is 17.9 Å². The van der Waals surface area contributed by atoms with Crippen LogP contribution >= 0.6 is 0 Å². The van der Waals surface area contributed by atoms with Gasteiger partial charge in [-0.3, -0.25) is 24.3 Å². The Morgan fingerprint density at radius 3 is 2.36 bits per heavy atom. The summed E-state index contributed by atoms with van der Waals surface area (Å²) in [6.45, 7) is 14.1. The van der Waals surface area contributed by atoms with Crippen LogP contribution < -0.4 is 0 Å². The van der Waals surface area contributed by atoms with Crippen LogP contribution in [0.4, 0.5) is 4.79 Å². The van der Waals surface area contributed by atoms with E-state index in [9.17, 15) is 24.3 Å². The molecule has 58 heavy (non-hydrogen) atoms. The molecule has 2 aromatic rings. The number of aromatic nitrogens is 5. The summed E-state index contributed by atoms with van der Waals surface area (Å²) in [7, 11) is 5.21. The number of fused-ring (bicyclic) bond motifs is 1. The topological polar surface area (TPSA) is 198 Å². The molecule has 5 heterocycles. The van der Waals surface area contributed by atoms with Crippen LogP contribution in [-0.4, -0.2) is 145 Å². The zero-order valence-electron chi connectivity index (χ0n) is 35.6. The Balaban J connectivity index is 1.48. The Hall–Kier alpha value is -4.16. The number of aliphatic hydroxyl groups is 1. The third-order valence-corrected chi connectivity index (χ3v) is 12.3. The zero-order chi connectivity index (χ0) is 42.7. The maximum Gasteiger partial charge on any atom is 0.411 e. The van der Waals surface area contributed by atoms with Gasteiger partial charge in [-0.2, -0.15) is 0 Å². The minimum Gasteiger partial charge on any atom is -0.458 e. The first kappa shape index (κ1) is 44.9. The number of carbonyl (C=O) groups is 4. The lowest BCUT2D eigenvalue weighted by Gasteiger charge is -2.47. The van der Waals surface area contributed by atoms with Crippen LogP contribution in [0.3, 0.4) is 0 Å². The average molecular weight is 812 g/mol. The van der Waals surface area contributed by atoms with Crippen LogP contribution in [-0.2, 0) is 44.6 Å². The van der Waals surface area contributed by atoms with Gasteiger partial charge in [0.1, 0.15) is 29.6 Å². The molecule has 0 saturated carbocycles. The third kappa shape index (κ3) is 9.03. The molecule has 0 spiro atoms. The molecule has 3 unspecified atom stereocenters. The van der Waals surface area contributed by atoms with E-state index in [1.165, 1.54) is 18.9 Å². The van der Waals surface area contributed by atoms with E-state index >= 15 is 0 Å². The molecule has 17 nitrogen and oxygen atoms in total. The molecule has 2 aromatic heterocycles. The van der Waals surface area contributed by atoms with E-state index in [-0.39, 0.29) is 43.9 Å². The van der Waals surface area contributed by atoms with Gasteiger partial charge in [-0.15, -0.1) is 5.10 Å². The normalized spacial score (nSPS) is 36.8.